The SMILES string of the molecule is CCc1cc[nH]c(=O)c1C.O=C(O)/C=C/C(=O)O. The van der Waals surface area contributed by atoms with Gasteiger partial charge in [-0.15, -0.1) is 0 Å². The van der Waals surface area contributed by atoms with E-state index in [4.69, 9.17) is 10.2 Å². The fourth-order valence-electron chi connectivity index (χ4n) is 1.12. The maximum absolute atomic E-state index is 10.9. The smallest absolute Gasteiger partial charge is 0.328 e. The lowest BCUT2D eigenvalue weighted by Gasteiger charge is -1.97. The maximum Gasteiger partial charge on any atom is 0.328 e. The van der Waals surface area contributed by atoms with Crippen LogP contribution in [0.3, 0.4) is 0 Å². The minimum Gasteiger partial charge on any atom is -0.478 e. The number of hydrogen-bond acceptors (Lipinski definition) is 3. The lowest BCUT2D eigenvalue weighted by Crippen LogP contribution is -2.10. The monoisotopic (exact) mass is 253 g/mol. The van der Waals surface area contributed by atoms with Crippen LogP contribution >= 0.6 is 0 Å². The van der Waals surface area contributed by atoms with Crippen LogP contribution in [0.1, 0.15) is 18.1 Å². The molecule has 3 N–H and O–H groups in total. The number of aryl methyl sites for hydroxylation is 1. The molecular weight excluding hydrogens is 238 g/mol. The average Bonchev–Trinajstić information content (AvgIpc) is 2.31. The molecule has 6 nitrogen and oxygen atoms in total. The Bertz CT molecular complexity index is 485. The number of rotatable bonds is 3. The Balaban J connectivity index is 0.000000331. The Hall–Kier alpha value is -2.37. The zero-order valence-corrected chi connectivity index (χ0v) is 10.1. The minimum absolute atomic E-state index is 0.0272. The third kappa shape index (κ3) is 6.26. The number of hydrogen-bond donors (Lipinski definition) is 3. The molecule has 0 atom stereocenters. The number of aromatic nitrogens is 1. The normalized spacial score (nSPS) is 9.67. The fourth-order valence-corrected chi connectivity index (χ4v) is 1.12. The molecule has 1 rings (SSSR count). The molecule has 0 fully saturated rings. The van der Waals surface area contributed by atoms with Crippen molar-refractivity contribution in [2.45, 2.75) is 20.3 Å². The number of carbonyl (C=O) groups is 2. The van der Waals surface area contributed by atoms with E-state index in [0.717, 1.165) is 17.5 Å². The van der Waals surface area contributed by atoms with Crippen molar-refractivity contribution in [3.8, 4) is 0 Å². The Morgan fingerprint density at radius 1 is 1.28 bits per heavy atom. The zero-order chi connectivity index (χ0) is 14.1. The number of H-pyrrole nitrogens is 1. The summed E-state index contributed by atoms with van der Waals surface area (Å²) in [5.74, 6) is -2.51. The molecule has 0 aromatic carbocycles. The van der Waals surface area contributed by atoms with Gasteiger partial charge in [0.1, 0.15) is 0 Å². The second-order valence-corrected chi connectivity index (χ2v) is 3.32. The number of aliphatic carboxylic acids is 2. The highest BCUT2D eigenvalue weighted by Gasteiger charge is 1.96. The van der Waals surface area contributed by atoms with Crippen LogP contribution in [0.15, 0.2) is 29.2 Å². The van der Waals surface area contributed by atoms with Crippen molar-refractivity contribution in [2.24, 2.45) is 0 Å². The molecule has 1 heterocycles. The van der Waals surface area contributed by atoms with Crippen LogP contribution in [0, 0.1) is 6.92 Å². The Morgan fingerprint density at radius 3 is 2.11 bits per heavy atom. The predicted octanol–water partition coefficient (Wildman–Crippen LogP) is 0.958. The van der Waals surface area contributed by atoms with Gasteiger partial charge in [0.2, 0.25) is 0 Å². The van der Waals surface area contributed by atoms with E-state index in [1.54, 1.807) is 6.20 Å². The van der Waals surface area contributed by atoms with Crippen molar-refractivity contribution in [1.82, 2.24) is 4.98 Å². The molecule has 1 aromatic heterocycles. The van der Waals surface area contributed by atoms with E-state index in [9.17, 15) is 14.4 Å². The summed E-state index contributed by atoms with van der Waals surface area (Å²) in [4.78, 5) is 32.7. The Labute approximate surface area is 104 Å². The molecule has 0 unspecified atom stereocenters. The van der Waals surface area contributed by atoms with Gasteiger partial charge in [-0.1, -0.05) is 6.92 Å². The highest BCUT2D eigenvalue weighted by molar-refractivity contribution is 5.89. The topological polar surface area (TPSA) is 107 Å². The van der Waals surface area contributed by atoms with Crippen LogP contribution < -0.4 is 5.56 Å². The minimum atomic E-state index is -1.26. The molecule has 1 aromatic rings. The van der Waals surface area contributed by atoms with Crippen LogP contribution in [-0.4, -0.2) is 27.1 Å². The molecule has 98 valence electrons. The standard InChI is InChI=1S/C8H11NO.C4H4O4/c1-3-7-4-5-9-8(10)6(7)2;5-3(6)1-2-4(7)8/h4-5H,3H2,1-2H3,(H,9,10);1-2H,(H,5,6)(H,7,8)/b;2-1+. The molecular formula is C12H15NO5. The number of nitrogens with one attached hydrogen (secondary N) is 1. The number of carboxylic acid groups (broad SMARTS) is 2. The van der Waals surface area contributed by atoms with Crippen molar-refractivity contribution in [1.29, 1.82) is 0 Å². The van der Waals surface area contributed by atoms with Crippen molar-refractivity contribution in [3.63, 3.8) is 0 Å². The van der Waals surface area contributed by atoms with E-state index in [0.29, 0.717) is 12.2 Å². The number of pyridine rings is 1. The molecule has 0 aliphatic heterocycles. The first kappa shape index (κ1) is 15.6. The largest absolute Gasteiger partial charge is 0.478 e. The molecule has 0 saturated heterocycles. The van der Waals surface area contributed by atoms with Crippen LogP contribution in [0.5, 0.6) is 0 Å². The van der Waals surface area contributed by atoms with E-state index < -0.39 is 11.9 Å². The lowest BCUT2D eigenvalue weighted by molar-refractivity contribution is -0.134. The van der Waals surface area contributed by atoms with Gasteiger partial charge in [-0.05, 0) is 25.0 Å². The third-order valence-electron chi connectivity index (χ3n) is 2.07. The number of carboxylic acids is 2. The summed E-state index contributed by atoms with van der Waals surface area (Å²) in [6, 6.07) is 1.94. The van der Waals surface area contributed by atoms with Crippen LogP contribution in [0.25, 0.3) is 0 Å². The van der Waals surface area contributed by atoms with E-state index in [-0.39, 0.29) is 5.56 Å². The molecule has 18 heavy (non-hydrogen) atoms. The molecule has 0 spiro atoms. The average molecular weight is 253 g/mol. The lowest BCUT2D eigenvalue weighted by atomic mass is 10.1. The molecule has 0 aliphatic rings. The quantitative estimate of drug-likeness (QED) is 0.695. The molecule has 0 radical (unpaired) electrons. The molecule has 0 bridgehead atoms. The second kappa shape index (κ2) is 7.83. The molecule has 0 saturated carbocycles. The second-order valence-electron chi connectivity index (χ2n) is 3.32. The fraction of sp³-hybridized carbons (Fsp3) is 0.250. The molecule has 0 aliphatic carbocycles. The van der Waals surface area contributed by atoms with Gasteiger partial charge >= 0.3 is 11.9 Å². The summed E-state index contributed by atoms with van der Waals surface area (Å²) in [5.41, 5.74) is 1.99. The summed E-state index contributed by atoms with van der Waals surface area (Å²) in [5, 5.41) is 15.6. The first-order chi connectivity index (χ1) is 8.38. The summed E-state index contributed by atoms with van der Waals surface area (Å²) >= 11 is 0. The number of aromatic amines is 1. The van der Waals surface area contributed by atoms with Gasteiger partial charge in [-0.25, -0.2) is 9.59 Å². The highest BCUT2D eigenvalue weighted by atomic mass is 16.4. The van der Waals surface area contributed by atoms with Crippen molar-refractivity contribution in [3.05, 3.63) is 45.9 Å². The summed E-state index contributed by atoms with van der Waals surface area (Å²) in [6.45, 7) is 3.89. The van der Waals surface area contributed by atoms with Crippen molar-refractivity contribution >= 4 is 11.9 Å². The highest BCUT2D eigenvalue weighted by Crippen LogP contribution is 1.99. The maximum atomic E-state index is 10.9. The van der Waals surface area contributed by atoms with Gasteiger partial charge in [-0.3, -0.25) is 4.79 Å². The van der Waals surface area contributed by atoms with E-state index in [2.05, 4.69) is 4.98 Å². The van der Waals surface area contributed by atoms with E-state index >= 15 is 0 Å². The first-order valence-electron chi connectivity index (χ1n) is 5.19. The van der Waals surface area contributed by atoms with Crippen LogP contribution in [0.4, 0.5) is 0 Å². The predicted molar refractivity (Wildman–Crippen MR) is 65.6 cm³/mol. The van der Waals surface area contributed by atoms with Crippen molar-refractivity contribution in [2.75, 3.05) is 0 Å². The Kier molecular flexibility index (Phi) is 6.80. The van der Waals surface area contributed by atoms with E-state index in [1.165, 1.54) is 0 Å². The summed E-state index contributed by atoms with van der Waals surface area (Å²) in [6.07, 6.45) is 3.73. The van der Waals surface area contributed by atoms with Gasteiger partial charge in [0, 0.05) is 23.9 Å². The van der Waals surface area contributed by atoms with Crippen molar-refractivity contribution < 1.29 is 19.8 Å². The van der Waals surface area contributed by atoms with E-state index in [1.807, 2.05) is 19.9 Å². The molecule has 6 heteroatoms. The third-order valence-corrected chi connectivity index (χ3v) is 2.07. The zero-order valence-electron chi connectivity index (χ0n) is 10.1. The van der Waals surface area contributed by atoms with Gasteiger partial charge in [0.05, 0.1) is 0 Å². The van der Waals surface area contributed by atoms with Gasteiger partial charge in [-0.2, -0.15) is 0 Å². The van der Waals surface area contributed by atoms with Gasteiger partial charge in [0.25, 0.3) is 5.56 Å². The first-order valence-corrected chi connectivity index (χ1v) is 5.19. The van der Waals surface area contributed by atoms with Crippen LogP contribution in [0.2, 0.25) is 0 Å². The molecule has 0 amide bonds. The summed E-state index contributed by atoms with van der Waals surface area (Å²) < 4.78 is 0. The van der Waals surface area contributed by atoms with Gasteiger partial charge in [0.15, 0.2) is 0 Å². The van der Waals surface area contributed by atoms with Crippen LogP contribution in [-0.2, 0) is 16.0 Å². The summed E-state index contributed by atoms with van der Waals surface area (Å²) in [7, 11) is 0. The van der Waals surface area contributed by atoms with Gasteiger partial charge < -0.3 is 15.2 Å². The Morgan fingerprint density at radius 2 is 1.78 bits per heavy atom.